The normalized spacial score (nSPS) is 16.6. The van der Waals surface area contributed by atoms with Crippen LogP contribution < -0.4 is 0 Å². The Balaban J connectivity index is 3.71. The highest BCUT2D eigenvalue weighted by atomic mass is 16.3. The predicted octanol–water partition coefficient (Wildman–Crippen LogP) is 1.97. The van der Waals surface area contributed by atoms with Gasteiger partial charge in [-0.05, 0) is 12.3 Å². The molecular weight excluding hydrogens is 112 g/mol. The van der Waals surface area contributed by atoms with Gasteiger partial charge in [0.2, 0.25) is 0 Å². The summed E-state index contributed by atoms with van der Waals surface area (Å²) in [5.74, 6) is 0. The highest BCUT2D eigenvalue weighted by molar-refractivity contribution is 4.94. The van der Waals surface area contributed by atoms with Gasteiger partial charge in [0.1, 0.15) is 0 Å². The van der Waals surface area contributed by atoms with Crippen molar-refractivity contribution in [1.82, 2.24) is 0 Å². The largest absolute Gasteiger partial charge is 0.389 e. The van der Waals surface area contributed by atoms with E-state index in [-0.39, 0.29) is 11.5 Å². The molecule has 1 nitrogen and oxygen atoms in total. The van der Waals surface area contributed by atoms with Crippen molar-refractivity contribution in [1.29, 1.82) is 0 Å². The maximum absolute atomic E-state index is 8.83. The summed E-state index contributed by atoms with van der Waals surface area (Å²) in [5, 5.41) is 8.83. The van der Waals surface area contributed by atoms with E-state index in [1.54, 1.807) is 13.0 Å². The van der Waals surface area contributed by atoms with Crippen molar-refractivity contribution in [3.63, 3.8) is 0 Å². The molecule has 0 aliphatic rings. The van der Waals surface area contributed by atoms with Gasteiger partial charge in [-0.1, -0.05) is 32.9 Å². The molecule has 54 valence electrons. The maximum Gasteiger partial charge on any atom is 0.0692 e. The first-order chi connectivity index (χ1) is 3.92. The van der Waals surface area contributed by atoms with Crippen molar-refractivity contribution in [2.45, 2.75) is 33.8 Å². The van der Waals surface area contributed by atoms with Crippen molar-refractivity contribution in [2.75, 3.05) is 0 Å². The van der Waals surface area contributed by atoms with Gasteiger partial charge in [-0.25, -0.2) is 0 Å². The molecule has 1 unspecified atom stereocenters. The lowest BCUT2D eigenvalue weighted by Gasteiger charge is -2.11. The lowest BCUT2D eigenvalue weighted by Crippen LogP contribution is -2.01. The molecule has 0 aliphatic heterocycles. The van der Waals surface area contributed by atoms with Gasteiger partial charge in [0.15, 0.2) is 0 Å². The summed E-state index contributed by atoms with van der Waals surface area (Å²) in [5.41, 5.74) is 0.191. The number of rotatable bonds is 1. The van der Waals surface area contributed by atoms with Gasteiger partial charge in [0.25, 0.3) is 0 Å². The molecule has 0 rings (SSSR count). The molecule has 0 saturated carbocycles. The Kier molecular flexibility index (Phi) is 2.92. The minimum absolute atomic E-state index is 0.191. The molecule has 0 spiro atoms. The van der Waals surface area contributed by atoms with Crippen LogP contribution >= 0.6 is 0 Å². The Morgan fingerprint density at radius 2 is 1.78 bits per heavy atom. The first-order valence-corrected chi connectivity index (χ1v) is 3.29. The van der Waals surface area contributed by atoms with Crippen molar-refractivity contribution in [3.8, 4) is 0 Å². The maximum atomic E-state index is 8.83. The van der Waals surface area contributed by atoms with Crippen LogP contribution in [0.15, 0.2) is 12.2 Å². The number of hydrogen-bond donors (Lipinski definition) is 1. The van der Waals surface area contributed by atoms with E-state index in [1.165, 1.54) is 0 Å². The topological polar surface area (TPSA) is 20.2 Å². The highest BCUT2D eigenvalue weighted by Gasteiger charge is 2.03. The smallest absolute Gasteiger partial charge is 0.0692 e. The minimum Gasteiger partial charge on any atom is -0.389 e. The zero-order valence-electron chi connectivity index (χ0n) is 6.68. The van der Waals surface area contributed by atoms with E-state index in [9.17, 15) is 0 Å². The Morgan fingerprint density at radius 1 is 1.33 bits per heavy atom. The van der Waals surface area contributed by atoms with Gasteiger partial charge in [-0.15, -0.1) is 0 Å². The van der Waals surface area contributed by atoms with Gasteiger partial charge in [-0.2, -0.15) is 0 Å². The van der Waals surface area contributed by atoms with E-state index < -0.39 is 0 Å². The van der Waals surface area contributed by atoms with Gasteiger partial charge in [0.05, 0.1) is 6.10 Å². The van der Waals surface area contributed by atoms with Crippen LogP contribution in [0.4, 0.5) is 0 Å². The van der Waals surface area contributed by atoms with Crippen LogP contribution in [0.3, 0.4) is 0 Å². The van der Waals surface area contributed by atoms with E-state index in [4.69, 9.17) is 5.11 Å². The molecule has 0 fully saturated rings. The Hall–Kier alpha value is -0.300. The molecule has 9 heavy (non-hydrogen) atoms. The summed E-state index contributed by atoms with van der Waals surface area (Å²) in [4.78, 5) is 0. The van der Waals surface area contributed by atoms with Crippen LogP contribution in [0.5, 0.6) is 0 Å². The fourth-order valence-corrected chi connectivity index (χ4v) is 0.428. The van der Waals surface area contributed by atoms with Gasteiger partial charge < -0.3 is 5.11 Å². The second kappa shape index (κ2) is 3.02. The van der Waals surface area contributed by atoms with E-state index in [0.29, 0.717) is 0 Å². The quantitative estimate of drug-likeness (QED) is 0.535. The second-order valence-corrected chi connectivity index (χ2v) is 3.47. The van der Waals surface area contributed by atoms with Crippen molar-refractivity contribution in [2.24, 2.45) is 5.41 Å². The first kappa shape index (κ1) is 8.70. The van der Waals surface area contributed by atoms with Crippen molar-refractivity contribution < 1.29 is 5.11 Å². The molecule has 0 radical (unpaired) electrons. The fourth-order valence-electron chi connectivity index (χ4n) is 0.428. The molecule has 0 aromatic heterocycles. The van der Waals surface area contributed by atoms with Gasteiger partial charge >= 0.3 is 0 Å². The molecule has 0 aliphatic carbocycles. The summed E-state index contributed by atoms with van der Waals surface area (Å²) in [7, 11) is 0. The third-order valence-corrected chi connectivity index (χ3v) is 0.875. The number of hydrogen-bond acceptors (Lipinski definition) is 1. The van der Waals surface area contributed by atoms with Crippen LogP contribution in [0.1, 0.15) is 27.7 Å². The standard InChI is InChI=1S/C8H16O/c1-7(9)5-6-8(2,3)4/h5-7,9H,1-4H3/b6-5+. The number of aliphatic hydroxyl groups is 1. The third kappa shape index (κ3) is 7.70. The van der Waals surface area contributed by atoms with Crippen LogP contribution in [0, 0.1) is 5.41 Å². The SMILES string of the molecule is CC(O)/C=C/C(C)(C)C. The monoisotopic (exact) mass is 128 g/mol. The third-order valence-electron chi connectivity index (χ3n) is 0.875. The molecule has 1 N–H and O–H groups in total. The van der Waals surface area contributed by atoms with Crippen LogP contribution in [-0.4, -0.2) is 11.2 Å². The van der Waals surface area contributed by atoms with Crippen molar-refractivity contribution >= 4 is 0 Å². The Labute approximate surface area is 57.4 Å². The molecule has 0 aromatic rings. The Morgan fingerprint density at radius 3 is 1.89 bits per heavy atom. The Bertz CT molecular complexity index is 95.6. The highest BCUT2D eigenvalue weighted by Crippen LogP contribution is 2.14. The van der Waals surface area contributed by atoms with Crippen LogP contribution in [0.25, 0.3) is 0 Å². The van der Waals surface area contributed by atoms with E-state index in [2.05, 4.69) is 20.8 Å². The minimum atomic E-state index is -0.316. The fraction of sp³-hybridized carbons (Fsp3) is 0.750. The molecule has 0 saturated heterocycles. The average molecular weight is 128 g/mol. The lowest BCUT2D eigenvalue weighted by atomic mass is 9.96. The van der Waals surface area contributed by atoms with Crippen LogP contribution in [0.2, 0.25) is 0 Å². The second-order valence-electron chi connectivity index (χ2n) is 3.47. The van der Waals surface area contributed by atoms with E-state index in [1.807, 2.05) is 6.08 Å². The molecule has 0 heterocycles. The number of aliphatic hydroxyl groups excluding tert-OH is 1. The van der Waals surface area contributed by atoms with Gasteiger partial charge in [-0.3, -0.25) is 0 Å². The summed E-state index contributed by atoms with van der Waals surface area (Å²) in [6.07, 6.45) is 3.50. The van der Waals surface area contributed by atoms with E-state index >= 15 is 0 Å². The zero-order chi connectivity index (χ0) is 7.49. The molecule has 0 amide bonds. The predicted molar refractivity (Wildman–Crippen MR) is 40.3 cm³/mol. The first-order valence-electron chi connectivity index (χ1n) is 3.29. The number of allylic oxidation sites excluding steroid dienone is 1. The van der Waals surface area contributed by atoms with E-state index in [0.717, 1.165) is 0 Å². The molecule has 1 heteroatoms. The summed E-state index contributed by atoms with van der Waals surface area (Å²) in [6, 6.07) is 0. The zero-order valence-corrected chi connectivity index (χ0v) is 6.68. The van der Waals surface area contributed by atoms with Crippen molar-refractivity contribution in [3.05, 3.63) is 12.2 Å². The molecular formula is C8H16O. The molecule has 0 aromatic carbocycles. The lowest BCUT2D eigenvalue weighted by molar-refractivity contribution is 0.242. The van der Waals surface area contributed by atoms with Gasteiger partial charge in [0, 0.05) is 0 Å². The molecule has 0 bridgehead atoms. The summed E-state index contributed by atoms with van der Waals surface area (Å²) >= 11 is 0. The average Bonchev–Trinajstić information content (AvgIpc) is 1.59. The van der Waals surface area contributed by atoms with Crippen LogP contribution in [-0.2, 0) is 0 Å². The summed E-state index contributed by atoms with van der Waals surface area (Å²) < 4.78 is 0. The summed E-state index contributed by atoms with van der Waals surface area (Å²) in [6.45, 7) is 8.06. The molecule has 1 atom stereocenters.